The molecule has 0 unspecified atom stereocenters. The normalized spacial score (nSPS) is 16.5. The molecule has 0 atom stereocenters. The quantitative estimate of drug-likeness (QED) is 0.667. The number of ether oxygens (including phenoxy) is 2. The lowest BCUT2D eigenvalue weighted by atomic mass is 10.1. The van der Waals surface area contributed by atoms with E-state index in [1.54, 1.807) is 35.7 Å². The summed E-state index contributed by atoms with van der Waals surface area (Å²) in [5.41, 5.74) is -0.512. The van der Waals surface area contributed by atoms with Crippen LogP contribution in [-0.2, 0) is 14.8 Å². The van der Waals surface area contributed by atoms with Crippen molar-refractivity contribution < 1.29 is 22.7 Å². The number of hydrogen-bond acceptors (Lipinski definition) is 6. The highest BCUT2D eigenvalue weighted by molar-refractivity contribution is 7.89. The first-order chi connectivity index (χ1) is 14.1. The predicted octanol–water partition coefficient (Wildman–Crippen LogP) is 2.69. The third kappa shape index (κ3) is 6.85. The van der Waals surface area contributed by atoms with E-state index in [1.807, 2.05) is 27.7 Å². The number of piperidine rings is 1. The van der Waals surface area contributed by atoms with Gasteiger partial charge in [0.25, 0.3) is 0 Å². The van der Waals surface area contributed by atoms with Crippen LogP contribution in [0.15, 0.2) is 29.2 Å². The maximum Gasteiger partial charge on any atom is 0.407 e. The fourth-order valence-electron chi connectivity index (χ4n) is 3.57. The minimum absolute atomic E-state index is 0.0304. The number of carbonyl (C=O) groups is 1. The lowest BCUT2D eigenvalue weighted by Crippen LogP contribution is -2.48. The van der Waals surface area contributed by atoms with Crippen molar-refractivity contribution in [3.63, 3.8) is 0 Å². The van der Waals surface area contributed by atoms with E-state index in [4.69, 9.17) is 9.47 Å². The average molecular weight is 442 g/mol. The Morgan fingerprint density at radius 3 is 2.30 bits per heavy atom. The molecule has 1 aromatic rings. The Labute approximate surface area is 180 Å². The largest absolute Gasteiger partial charge is 0.497 e. The molecule has 2 rings (SSSR count). The van der Waals surface area contributed by atoms with Gasteiger partial charge < -0.3 is 19.7 Å². The summed E-state index contributed by atoms with van der Waals surface area (Å²) in [5.74, 6) is 0.630. The Kier molecular flexibility index (Phi) is 8.52. The summed E-state index contributed by atoms with van der Waals surface area (Å²) >= 11 is 0. The molecule has 1 saturated heterocycles. The van der Waals surface area contributed by atoms with Crippen LogP contribution in [-0.4, -0.2) is 75.2 Å². The summed E-state index contributed by atoms with van der Waals surface area (Å²) in [6.45, 7) is 10.6. The fraction of sp³-hybridized carbons (Fsp3) is 0.667. The number of alkyl carbamates (subject to hydrolysis) is 1. The van der Waals surface area contributed by atoms with Crippen molar-refractivity contribution in [1.82, 2.24) is 14.5 Å². The molecule has 0 radical (unpaired) electrons. The first kappa shape index (κ1) is 24.4. The Balaban J connectivity index is 1.87. The van der Waals surface area contributed by atoms with Crippen LogP contribution in [0, 0.1) is 0 Å². The van der Waals surface area contributed by atoms with Crippen LogP contribution in [0.4, 0.5) is 4.79 Å². The number of nitrogens with zero attached hydrogens (tertiary/aromatic N) is 2. The molecular formula is C21H35N3O5S. The van der Waals surface area contributed by atoms with Crippen molar-refractivity contribution in [1.29, 1.82) is 0 Å². The molecule has 1 N–H and O–H groups in total. The maximum atomic E-state index is 13.1. The Morgan fingerprint density at radius 2 is 1.80 bits per heavy atom. The van der Waals surface area contributed by atoms with Gasteiger partial charge in [-0.25, -0.2) is 13.2 Å². The highest BCUT2D eigenvalue weighted by Gasteiger charge is 2.32. The number of likely N-dealkylation sites (tertiary alicyclic amines) is 1. The minimum Gasteiger partial charge on any atom is -0.497 e. The molecule has 30 heavy (non-hydrogen) atoms. The van der Waals surface area contributed by atoms with Crippen LogP contribution in [0.3, 0.4) is 0 Å². The molecule has 0 aliphatic carbocycles. The molecule has 1 fully saturated rings. The van der Waals surface area contributed by atoms with Crippen LogP contribution >= 0.6 is 0 Å². The topological polar surface area (TPSA) is 88.2 Å². The third-order valence-corrected chi connectivity index (χ3v) is 7.08. The van der Waals surface area contributed by atoms with Crippen LogP contribution in [0.1, 0.15) is 40.5 Å². The van der Waals surface area contributed by atoms with Gasteiger partial charge in [0, 0.05) is 25.7 Å². The highest BCUT2D eigenvalue weighted by atomic mass is 32.2. The fourth-order valence-corrected chi connectivity index (χ4v) is 5.26. The van der Waals surface area contributed by atoms with Gasteiger partial charge in [-0.1, -0.05) is 6.92 Å². The van der Waals surface area contributed by atoms with Gasteiger partial charge in [-0.15, -0.1) is 0 Å². The monoisotopic (exact) mass is 441 g/mol. The molecule has 170 valence electrons. The van der Waals surface area contributed by atoms with E-state index in [1.165, 1.54) is 0 Å². The van der Waals surface area contributed by atoms with E-state index in [2.05, 4.69) is 10.2 Å². The number of nitrogens with one attached hydrogen (secondary N) is 1. The molecule has 8 nitrogen and oxygen atoms in total. The number of hydrogen-bond donors (Lipinski definition) is 1. The number of sulfonamides is 1. The SMILES string of the molecule is CCN(C1CCN(CCNC(=O)OC(C)(C)C)CC1)S(=O)(=O)c1ccc(OC)cc1. The first-order valence-electron chi connectivity index (χ1n) is 10.4. The van der Waals surface area contributed by atoms with Gasteiger partial charge >= 0.3 is 6.09 Å². The summed E-state index contributed by atoms with van der Waals surface area (Å²) in [5, 5.41) is 2.77. The lowest BCUT2D eigenvalue weighted by Gasteiger charge is -2.37. The number of benzene rings is 1. The second kappa shape index (κ2) is 10.5. The molecule has 0 bridgehead atoms. The van der Waals surface area contributed by atoms with E-state index in [0.717, 1.165) is 25.9 Å². The number of carbonyl (C=O) groups excluding carboxylic acids is 1. The maximum absolute atomic E-state index is 13.1. The molecule has 1 aliphatic rings. The standard InChI is InChI=1S/C21H35N3O5S/c1-6-24(30(26,27)19-9-7-18(28-5)8-10-19)17-11-14-23(15-12-17)16-13-22-20(25)29-21(2,3)4/h7-10,17H,6,11-16H2,1-5H3,(H,22,25). The van der Waals surface area contributed by atoms with E-state index in [9.17, 15) is 13.2 Å². The van der Waals surface area contributed by atoms with Crippen LogP contribution in [0.25, 0.3) is 0 Å². The molecule has 0 aromatic heterocycles. The second-order valence-electron chi connectivity index (χ2n) is 8.39. The van der Waals surface area contributed by atoms with Gasteiger partial charge in [0.05, 0.1) is 12.0 Å². The lowest BCUT2D eigenvalue weighted by molar-refractivity contribution is 0.0518. The molecule has 1 aliphatic heterocycles. The van der Waals surface area contributed by atoms with E-state index >= 15 is 0 Å². The van der Waals surface area contributed by atoms with Gasteiger partial charge in [0.1, 0.15) is 11.4 Å². The minimum atomic E-state index is -3.55. The molecular weight excluding hydrogens is 406 g/mol. The number of rotatable bonds is 8. The number of amides is 1. The Morgan fingerprint density at radius 1 is 1.20 bits per heavy atom. The molecule has 1 amide bonds. The smallest absolute Gasteiger partial charge is 0.407 e. The molecule has 0 spiro atoms. The van der Waals surface area contributed by atoms with Crippen LogP contribution in [0.5, 0.6) is 5.75 Å². The van der Waals surface area contributed by atoms with E-state index < -0.39 is 21.7 Å². The zero-order chi connectivity index (χ0) is 22.4. The second-order valence-corrected chi connectivity index (χ2v) is 10.3. The molecule has 1 aromatic carbocycles. The van der Waals surface area contributed by atoms with Gasteiger partial charge in [-0.05, 0) is 71.0 Å². The Hall–Kier alpha value is -1.84. The van der Waals surface area contributed by atoms with Gasteiger partial charge in [-0.2, -0.15) is 4.31 Å². The molecule has 1 heterocycles. The van der Waals surface area contributed by atoms with Crippen molar-refractivity contribution in [2.45, 2.75) is 57.1 Å². The average Bonchev–Trinajstić information content (AvgIpc) is 2.68. The summed E-state index contributed by atoms with van der Waals surface area (Å²) in [6, 6.07) is 6.49. The van der Waals surface area contributed by atoms with Gasteiger partial charge in [0.15, 0.2) is 0 Å². The zero-order valence-corrected chi connectivity index (χ0v) is 19.5. The predicted molar refractivity (Wildman–Crippen MR) is 116 cm³/mol. The third-order valence-electron chi connectivity index (χ3n) is 5.04. The van der Waals surface area contributed by atoms with E-state index in [-0.39, 0.29) is 10.9 Å². The van der Waals surface area contributed by atoms with Gasteiger partial charge in [0.2, 0.25) is 10.0 Å². The van der Waals surface area contributed by atoms with Crippen molar-refractivity contribution in [2.75, 3.05) is 39.8 Å². The van der Waals surface area contributed by atoms with Crippen molar-refractivity contribution in [3.8, 4) is 5.75 Å². The molecule has 9 heteroatoms. The van der Waals surface area contributed by atoms with E-state index in [0.29, 0.717) is 25.4 Å². The zero-order valence-electron chi connectivity index (χ0n) is 18.7. The summed E-state index contributed by atoms with van der Waals surface area (Å²) in [4.78, 5) is 14.3. The van der Waals surface area contributed by atoms with Crippen LogP contribution in [0.2, 0.25) is 0 Å². The Bertz CT molecular complexity index is 782. The van der Waals surface area contributed by atoms with Crippen molar-refractivity contribution >= 4 is 16.1 Å². The van der Waals surface area contributed by atoms with Crippen LogP contribution < -0.4 is 10.1 Å². The summed E-state index contributed by atoms with van der Waals surface area (Å²) < 4.78 is 38.2. The highest BCUT2D eigenvalue weighted by Crippen LogP contribution is 2.25. The molecule has 0 saturated carbocycles. The number of methoxy groups -OCH3 is 1. The first-order valence-corrected chi connectivity index (χ1v) is 11.9. The van der Waals surface area contributed by atoms with Crippen molar-refractivity contribution in [2.24, 2.45) is 0 Å². The summed E-state index contributed by atoms with van der Waals surface area (Å²) in [6.07, 6.45) is 1.10. The van der Waals surface area contributed by atoms with Crippen molar-refractivity contribution in [3.05, 3.63) is 24.3 Å². The van der Waals surface area contributed by atoms with Gasteiger partial charge in [-0.3, -0.25) is 0 Å². The summed E-state index contributed by atoms with van der Waals surface area (Å²) in [7, 11) is -2.00.